The molecule has 0 spiro atoms. The molecule has 0 radical (unpaired) electrons. The number of fused-ring (bicyclic) bond motifs is 1. The summed E-state index contributed by atoms with van der Waals surface area (Å²) < 4.78 is 1.79. The van der Waals surface area contributed by atoms with Crippen LogP contribution < -0.4 is 5.32 Å². The second-order valence-corrected chi connectivity index (χ2v) is 5.22. The smallest absolute Gasteiger partial charge is 0.269 e. The van der Waals surface area contributed by atoms with E-state index in [9.17, 15) is 9.90 Å². The number of amides is 1. The molecule has 5 heteroatoms. The maximum Gasteiger partial charge on any atom is 0.269 e. The van der Waals surface area contributed by atoms with Crippen LogP contribution >= 0.6 is 11.6 Å². The van der Waals surface area contributed by atoms with E-state index in [0.29, 0.717) is 30.1 Å². The third-order valence-electron chi connectivity index (χ3n) is 3.49. The first-order valence-electron chi connectivity index (χ1n) is 6.75. The van der Waals surface area contributed by atoms with E-state index >= 15 is 0 Å². The second-order valence-electron chi connectivity index (χ2n) is 4.85. The Bertz CT molecular complexity index is 583. The van der Waals surface area contributed by atoms with E-state index in [1.54, 1.807) is 4.57 Å². The zero-order valence-corrected chi connectivity index (χ0v) is 12.4. The van der Waals surface area contributed by atoms with Gasteiger partial charge < -0.3 is 15.0 Å². The maximum absolute atomic E-state index is 12.2. The van der Waals surface area contributed by atoms with E-state index in [-0.39, 0.29) is 12.0 Å². The molecular formula is C15H19ClN2O2. The first kappa shape index (κ1) is 14.9. The van der Waals surface area contributed by atoms with Crippen molar-refractivity contribution in [2.45, 2.75) is 25.9 Å². The minimum Gasteiger partial charge on any atom is -0.393 e. The van der Waals surface area contributed by atoms with Crippen molar-refractivity contribution < 1.29 is 9.90 Å². The highest BCUT2D eigenvalue weighted by Crippen LogP contribution is 2.29. The Morgan fingerprint density at radius 1 is 1.45 bits per heavy atom. The van der Waals surface area contributed by atoms with Gasteiger partial charge in [-0.2, -0.15) is 0 Å². The number of aliphatic hydroxyl groups excluding tert-OH is 1. The highest BCUT2D eigenvalue weighted by atomic mass is 35.5. The summed E-state index contributed by atoms with van der Waals surface area (Å²) in [6, 6.07) is 7.64. The Morgan fingerprint density at radius 3 is 2.80 bits per heavy atom. The zero-order chi connectivity index (χ0) is 14.7. The number of nitrogens with zero attached hydrogens (tertiary/aromatic N) is 1. The van der Waals surface area contributed by atoms with Crippen molar-refractivity contribution in [2.24, 2.45) is 7.05 Å². The fourth-order valence-electron chi connectivity index (χ4n) is 2.24. The Kier molecular flexibility index (Phi) is 4.68. The average Bonchev–Trinajstić information content (AvgIpc) is 2.71. The predicted molar refractivity (Wildman–Crippen MR) is 81.2 cm³/mol. The zero-order valence-electron chi connectivity index (χ0n) is 11.7. The van der Waals surface area contributed by atoms with E-state index in [1.807, 2.05) is 38.2 Å². The Labute approximate surface area is 123 Å². The van der Waals surface area contributed by atoms with E-state index in [2.05, 4.69) is 5.32 Å². The normalized spacial score (nSPS) is 12.6. The molecule has 1 amide bonds. The summed E-state index contributed by atoms with van der Waals surface area (Å²) in [6.45, 7) is 2.35. The number of halogens is 1. The van der Waals surface area contributed by atoms with Crippen LogP contribution in [0.3, 0.4) is 0 Å². The lowest BCUT2D eigenvalue weighted by molar-refractivity contribution is 0.0934. The summed E-state index contributed by atoms with van der Waals surface area (Å²) in [6.07, 6.45) is 0.854. The molecule has 0 saturated heterocycles. The molecule has 1 aromatic heterocycles. The number of hydrogen-bond donors (Lipinski definition) is 2. The fraction of sp³-hybridized carbons (Fsp3) is 0.400. The number of para-hydroxylation sites is 1. The number of benzene rings is 1. The van der Waals surface area contributed by atoms with Gasteiger partial charge >= 0.3 is 0 Å². The van der Waals surface area contributed by atoms with Crippen molar-refractivity contribution in [3.63, 3.8) is 0 Å². The third-order valence-corrected chi connectivity index (χ3v) is 3.88. The highest BCUT2D eigenvalue weighted by Gasteiger charge is 2.19. The van der Waals surface area contributed by atoms with Crippen molar-refractivity contribution in [3.05, 3.63) is 35.0 Å². The average molecular weight is 295 g/mol. The molecule has 1 heterocycles. The van der Waals surface area contributed by atoms with Crippen LogP contribution in [-0.4, -0.2) is 28.2 Å². The van der Waals surface area contributed by atoms with E-state index in [1.165, 1.54) is 0 Å². The maximum atomic E-state index is 12.2. The molecule has 1 atom stereocenters. The van der Waals surface area contributed by atoms with Gasteiger partial charge in [-0.1, -0.05) is 36.7 Å². The Balaban J connectivity index is 2.18. The number of nitrogens with one attached hydrogen (secondary N) is 1. The van der Waals surface area contributed by atoms with Gasteiger partial charge in [-0.3, -0.25) is 4.79 Å². The molecule has 0 saturated carbocycles. The van der Waals surface area contributed by atoms with Gasteiger partial charge in [0.05, 0.1) is 11.1 Å². The first-order chi connectivity index (χ1) is 9.56. The summed E-state index contributed by atoms with van der Waals surface area (Å²) in [4.78, 5) is 12.2. The van der Waals surface area contributed by atoms with Crippen molar-refractivity contribution in [1.29, 1.82) is 0 Å². The SMILES string of the molecule is CCC(O)CCNC(=O)c1c(Cl)c2ccccc2n1C. The van der Waals surface area contributed by atoms with Crippen LogP contribution in [0.25, 0.3) is 10.9 Å². The topological polar surface area (TPSA) is 54.3 Å². The summed E-state index contributed by atoms with van der Waals surface area (Å²) in [5, 5.41) is 13.6. The molecule has 0 fully saturated rings. The number of aromatic nitrogens is 1. The quantitative estimate of drug-likeness (QED) is 0.891. The molecule has 0 aliphatic heterocycles. The molecule has 2 rings (SSSR count). The van der Waals surface area contributed by atoms with Crippen LogP contribution in [-0.2, 0) is 7.05 Å². The molecule has 108 valence electrons. The molecule has 2 N–H and O–H groups in total. The van der Waals surface area contributed by atoms with Crippen LogP contribution in [0.4, 0.5) is 0 Å². The molecule has 1 unspecified atom stereocenters. The summed E-state index contributed by atoms with van der Waals surface area (Å²) in [7, 11) is 1.82. The van der Waals surface area contributed by atoms with Crippen LogP contribution in [0.15, 0.2) is 24.3 Å². The molecule has 1 aromatic carbocycles. The van der Waals surface area contributed by atoms with Gasteiger partial charge in [-0.15, -0.1) is 0 Å². The standard InChI is InChI=1S/C15H19ClN2O2/c1-3-10(19)8-9-17-15(20)14-13(16)11-6-4-5-7-12(11)18(14)2/h4-7,10,19H,3,8-9H2,1-2H3,(H,17,20). The van der Waals surface area contributed by atoms with Gasteiger partial charge in [0.15, 0.2) is 0 Å². The van der Waals surface area contributed by atoms with Crippen molar-refractivity contribution >= 4 is 28.4 Å². The van der Waals surface area contributed by atoms with Crippen molar-refractivity contribution in [1.82, 2.24) is 9.88 Å². The van der Waals surface area contributed by atoms with Gasteiger partial charge in [-0.05, 0) is 18.9 Å². The Morgan fingerprint density at radius 2 is 2.15 bits per heavy atom. The molecular weight excluding hydrogens is 276 g/mol. The van der Waals surface area contributed by atoms with Gasteiger partial charge in [0.1, 0.15) is 5.69 Å². The summed E-state index contributed by atoms with van der Waals surface area (Å²) in [5.41, 5.74) is 1.38. The number of hydrogen-bond acceptors (Lipinski definition) is 2. The lowest BCUT2D eigenvalue weighted by atomic mass is 10.2. The molecule has 2 aromatic rings. The first-order valence-corrected chi connectivity index (χ1v) is 7.13. The monoisotopic (exact) mass is 294 g/mol. The number of aryl methyl sites for hydroxylation is 1. The highest BCUT2D eigenvalue weighted by molar-refractivity contribution is 6.38. The van der Waals surface area contributed by atoms with Gasteiger partial charge in [0.25, 0.3) is 5.91 Å². The van der Waals surface area contributed by atoms with E-state index in [0.717, 1.165) is 10.9 Å². The summed E-state index contributed by atoms with van der Waals surface area (Å²) in [5.74, 6) is -0.211. The van der Waals surface area contributed by atoms with E-state index in [4.69, 9.17) is 11.6 Å². The largest absolute Gasteiger partial charge is 0.393 e. The minimum atomic E-state index is -0.377. The van der Waals surface area contributed by atoms with Gasteiger partial charge in [-0.25, -0.2) is 0 Å². The lowest BCUT2D eigenvalue weighted by Gasteiger charge is -2.09. The Hall–Kier alpha value is -1.52. The molecule has 0 aliphatic carbocycles. The van der Waals surface area contributed by atoms with Crippen LogP contribution in [0.1, 0.15) is 30.3 Å². The molecule has 0 bridgehead atoms. The summed E-state index contributed by atoms with van der Waals surface area (Å²) >= 11 is 6.29. The van der Waals surface area contributed by atoms with Crippen molar-refractivity contribution in [2.75, 3.05) is 6.54 Å². The molecule has 4 nitrogen and oxygen atoms in total. The third kappa shape index (κ3) is 2.81. The van der Waals surface area contributed by atoms with Crippen LogP contribution in [0.2, 0.25) is 5.02 Å². The number of aliphatic hydroxyl groups is 1. The fourth-order valence-corrected chi connectivity index (χ4v) is 2.61. The molecule has 20 heavy (non-hydrogen) atoms. The van der Waals surface area contributed by atoms with Gasteiger partial charge in [0, 0.05) is 24.5 Å². The number of carbonyl (C=O) groups is 1. The van der Waals surface area contributed by atoms with Crippen molar-refractivity contribution in [3.8, 4) is 0 Å². The van der Waals surface area contributed by atoms with Crippen LogP contribution in [0.5, 0.6) is 0 Å². The lowest BCUT2D eigenvalue weighted by Crippen LogP contribution is -2.28. The second kappa shape index (κ2) is 6.29. The number of rotatable bonds is 5. The minimum absolute atomic E-state index is 0.211. The van der Waals surface area contributed by atoms with E-state index < -0.39 is 0 Å². The van der Waals surface area contributed by atoms with Gasteiger partial charge in [0.2, 0.25) is 0 Å². The molecule has 0 aliphatic rings. The number of carbonyl (C=O) groups excluding carboxylic acids is 1. The predicted octanol–water partition coefficient (Wildman–Crippen LogP) is 2.72. The van der Waals surface area contributed by atoms with Crippen LogP contribution in [0, 0.1) is 0 Å².